The second-order valence-electron chi connectivity index (χ2n) is 5.41. The van der Waals surface area contributed by atoms with Crippen LogP contribution in [0.3, 0.4) is 0 Å². The van der Waals surface area contributed by atoms with Crippen molar-refractivity contribution in [2.45, 2.75) is 31.8 Å². The van der Waals surface area contributed by atoms with Crippen LogP contribution in [0.2, 0.25) is 0 Å². The summed E-state index contributed by atoms with van der Waals surface area (Å²) in [4.78, 5) is 39.1. The van der Waals surface area contributed by atoms with Crippen LogP contribution in [0.1, 0.15) is 30.1 Å². The van der Waals surface area contributed by atoms with E-state index in [1.165, 1.54) is 6.92 Å². The number of nitrogens with one attached hydrogen (secondary N) is 2. The molecule has 0 aliphatic carbocycles. The molecule has 0 saturated carbocycles. The highest BCUT2D eigenvalue weighted by Gasteiger charge is 2.23. The molecule has 0 aromatic heterocycles. The molecular weight excluding hydrogens is 326 g/mol. The Kier molecular flexibility index (Phi) is 7.91. The molecular formula is C16H23N5O4. The van der Waals surface area contributed by atoms with Crippen LogP contribution in [0.15, 0.2) is 35.3 Å². The topological polar surface area (TPSA) is 160 Å². The number of carboxylic acids is 1. The zero-order valence-electron chi connectivity index (χ0n) is 13.9. The fourth-order valence-electron chi connectivity index (χ4n) is 1.99. The molecule has 1 aromatic rings. The number of amides is 2. The molecule has 0 aliphatic rings. The van der Waals surface area contributed by atoms with Gasteiger partial charge in [-0.1, -0.05) is 18.2 Å². The minimum atomic E-state index is -1.17. The van der Waals surface area contributed by atoms with E-state index >= 15 is 0 Å². The molecule has 0 radical (unpaired) electrons. The van der Waals surface area contributed by atoms with Gasteiger partial charge >= 0.3 is 5.97 Å². The normalized spacial score (nSPS) is 12.5. The molecule has 136 valence electrons. The van der Waals surface area contributed by atoms with E-state index in [9.17, 15) is 19.5 Å². The summed E-state index contributed by atoms with van der Waals surface area (Å²) in [6.07, 6.45) is 0.553. The average molecular weight is 349 g/mol. The summed E-state index contributed by atoms with van der Waals surface area (Å²) in [5.74, 6) is -2.24. The number of nitrogens with zero attached hydrogens (tertiary/aromatic N) is 1. The number of rotatable bonds is 9. The number of carbonyl (C=O) groups is 3. The van der Waals surface area contributed by atoms with Crippen molar-refractivity contribution in [2.24, 2.45) is 16.5 Å². The van der Waals surface area contributed by atoms with Crippen molar-refractivity contribution in [2.75, 3.05) is 6.54 Å². The van der Waals surface area contributed by atoms with Crippen molar-refractivity contribution in [3.05, 3.63) is 35.9 Å². The standard InChI is InChI=1S/C16H23N5O4/c1-10(20-14(23)11-6-3-2-4-7-11)13(22)21-12(15(24)25)8-5-9-19-16(17)18/h2-4,6-7,10,12H,5,8-9H2,1H3,(H,20,23)(H,21,22)(H,24,25)(H4,17,18,19). The number of nitrogens with two attached hydrogens (primary N) is 2. The maximum absolute atomic E-state index is 12.1. The molecule has 0 aliphatic heterocycles. The highest BCUT2D eigenvalue weighted by molar-refractivity contribution is 5.97. The number of hydrogen-bond donors (Lipinski definition) is 5. The van der Waals surface area contributed by atoms with Gasteiger partial charge in [0.05, 0.1) is 0 Å². The number of guanidine groups is 1. The van der Waals surface area contributed by atoms with Gasteiger partial charge in [0.15, 0.2) is 5.96 Å². The number of aliphatic carboxylic acids is 1. The van der Waals surface area contributed by atoms with Gasteiger partial charge in [0.2, 0.25) is 5.91 Å². The molecule has 25 heavy (non-hydrogen) atoms. The zero-order valence-corrected chi connectivity index (χ0v) is 13.9. The Morgan fingerprint density at radius 1 is 1.16 bits per heavy atom. The van der Waals surface area contributed by atoms with Gasteiger partial charge in [0, 0.05) is 12.1 Å². The van der Waals surface area contributed by atoms with Crippen molar-refractivity contribution >= 4 is 23.7 Å². The Morgan fingerprint density at radius 3 is 2.36 bits per heavy atom. The first-order valence-electron chi connectivity index (χ1n) is 7.75. The van der Waals surface area contributed by atoms with Crippen LogP contribution in [-0.2, 0) is 9.59 Å². The van der Waals surface area contributed by atoms with Gasteiger partial charge in [-0.15, -0.1) is 0 Å². The lowest BCUT2D eigenvalue weighted by Gasteiger charge is -2.18. The van der Waals surface area contributed by atoms with Crippen LogP contribution in [0.5, 0.6) is 0 Å². The number of aliphatic imine (C=N–C) groups is 1. The summed E-state index contributed by atoms with van der Waals surface area (Å²) < 4.78 is 0. The van der Waals surface area contributed by atoms with Gasteiger partial charge in [-0.2, -0.15) is 0 Å². The van der Waals surface area contributed by atoms with E-state index in [1.54, 1.807) is 30.3 Å². The second kappa shape index (κ2) is 9.91. The Balaban J connectivity index is 2.53. The maximum Gasteiger partial charge on any atom is 0.326 e. The van der Waals surface area contributed by atoms with Crippen molar-refractivity contribution in [1.82, 2.24) is 10.6 Å². The van der Waals surface area contributed by atoms with E-state index in [1.807, 2.05) is 0 Å². The number of carbonyl (C=O) groups excluding carboxylic acids is 2. The monoisotopic (exact) mass is 349 g/mol. The van der Waals surface area contributed by atoms with E-state index in [4.69, 9.17) is 11.5 Å². The minimum absolute atomic E-state index is 0.0758. The third kappa shape index (κ3) is 7.34. The van der Waals surface area contributed by atoms with Crippen LogP contribution in [0.4, 0.5) is 0 Å². The highest BCUT2D eigenvalue weighted by Crippen LogP contribution is 2.01. The lowest BCUT2D eigenvalue weighted by Crippen LogP contribution is -2.50. The molecule has 9 nitrogen and oxygen atoms in total. The van der Waals surface area contributed by atoms with Gasteiger partial charge < -0.3 is 27.2 Å². The third-order valence-corrected chi connectivity index (χ3v) is 3.34. The summed E-state index contributed by atoms with van der Waals surface area (Å²) in [5.41, 5.74) is 10.8. The fourth-order valence-corrected chi connectivity index (χ4v) is 1.99. The van der Waals surface area contributed by atoms with E-state index in [0.717, 1.165) is 0 Å². The third-order valence-electron chi connectivity index (χ3n) is 3.34. The maximum atomic E-state index is 12.1. The van der Waals surface area contributed by atoms with Gasteiger partial charge in [-0.05, 0) is 31.9 Å². The van der Waals surface area contributed by atoms with Crippen LogP contribution >= 0.6 is 0 Å². The summed E-state index contributed by atoms with van der Waals surface area (Å²) in [7, 11) is 0. The molecule has 0 saturated heterocycles. The Bertz CT molecular complexity index is 629. The predicted octanol–water partition coefficient (Wildman–Crippen LogP) is -0.572. The quantitative estimate of drug-likeness (QED) is 0.228. The zero-order chi connectivity index (χ0) is 18.8. The van der Waals surface area contributed by atoms with Crippen LogP contribution in [0.25, 0.3) is 0 Å². The lowest BCUT2D eigenvalue weighted by molar-refractivity contribution is -0.142. The van der Waals surface area contributed by atoms with Crippen LogP contribution < -0.4 is 22.1 Å². The van der Waals surface area contributed by atoms with Gasteiger partial charge in [-0.3, -0.25) is 14.6 Å². The van der Waals surface area contributed by atoms with Crippen molar-refractivity contribution in [3.8, 4) is 0 Å². The van der Waals surface area contributed by atoms with Crippen molar-refractivity contribution in [3.63, 3.8) is 0 Å². The van der Waals surface area contributed by atoms with E-state index in [-0.39, 0.29) is 18.9 Å². The molecule has 7 N–H and O–H groups in total. The van der Waals surface area contributed by atoms with Crippen LogP contribution in [0, 0.1) is 0 Å². The average Bonchev–Trinajstić information content (AvgIpc) is 2.57. The SMILES string of the molecule is CC(NC(=O)c1ccccc1)C(=O)NC(CCCN=C(N)N)C(=O)O. The first-order chi connectivity index (χ1) is 11.8. The first kappa shape index (κ1) is 19.9. The molecule has 0 spiro atoms. The van der Waals surface area contributed by atoms with Crippen LogP contribution in [-0.4, -0.2) is 47.5 Å². The van der Waals surface area contributed by atoms with Gasteiger partial charge in [0.25, 0.3) is 5.91 Å². The molecule has 9 heteroatoms. The van der Waals surface area contributed by atoms with E-state index in [0.29, 0.717) is 12.0 Å². The Morgan fingerprint density at radius 2 is 1.80 bits per heavy atom. The summed E-state index contributed by atoms with van der Waals surface area (Å²) in [6.45, 7) is 1.75. The second-order valence-corrected chi connectivity index (χ2v) is 5.41. The van der Waals surface area contributed by atoms with Crippen molar-refractivity contribution in [1.29, 1.82) is 0 Å². The van der Waals surface area contributed by atoms with Gasteiger partial charge in [0.1, 0.15) is 12.1 Å². The van der Waals surface area contributed by atoms with Crippen molar-refractivity contribution < 1.29 is 19.5 Å². The number of benzene rings is 1. The lowest BCUT2D eigenvalue weighted by atomic mass is 10.1. The number of hydrogen-bond acceptors (Lipinski definition) is 4. The first-order valence-corrected chi connectivity index (χ1v) is 7.75. The summed E-state index contributed by atoms with van der Waals surface area (Å²) in [6, 6.07) is 6.44. The predicted molar refractivity (Wildman–Crippen MR) is 92.8 cm³/mol. The van der Waals surface area contributed by atoms with E-state index in [2.05, 4.69) is 15.6 Å². The molecule has 1 rings (SSSR count). The molecule has 0 fully saturated rings. The smallest absolute Gasteiger partial charge is 0.326 e. The molecule has 1 aromatic carbocycles. The minimum Gasteiger partial charge on any atom is -0.480 e. The highest BCUT2D eigenvalue weighted by atomic mass is 16.4. The van der Waals surface area contributed by atoms with Gasteiger partial charge in [-0.25, -0.2) is 4.79 Å². The Labute approximate surface area is 145 Å². The molecule has 2 atom stereocenters. The number of carboxylic acid groups (broad SMARTS) is 1. The molecule has 0 heterocycles. The molecule has 2 amide bonds. The summed E-state index contributed by atoms with van der Waals surface area (Å²) >= 11 is 0. The van der Waals surface area contributed by atoms with E-state index < -0.39 is 29.9 Å². The summed E-state index contributed by atoms with van der Waals surface area (Å²) in [5, 5.41) is 14.1. The molecule has 0 bridgehead atoms. The Hall–Kier alpha value is -3.10. The largest absolute Gasteiger partial charge is 0.480 e. The molecule has 2 unspecified atom stereocenters. The fraction of sp³-hybridized carbons (Fsp3) is 0.375.